The van der Waals surface area contributed by atoms with Gasteiger partial charge in [0.25, 0.3) is 0 Å². The molecule has 1 aliphatic rings. The molecule has 1 aromatic rings. The van der Waals surface area contributed by atoms with E-state index in [1.165, 1.54) is 10.4 Å². The summed E-state index contributed by atoms with van der Waals surface area (Å²) < 4.78 is 0. The first-order valence-electron chi connectivity index (χ1n) is 8.21. The third-order valence-electron chi connectivity index (χ3n) is 4.26. The Bertz CT molecular complexity index is 498. The van der Waals surface area contributed by atoms with E-state index >= 15 is 0 Å². The normalized spacial score (nSPS) is 22.7. The number of hydrogen-bond donors (Lipinski definition) is 2. The molecule has 2 atom stereocenters. The van der Waals surface area contributed by atoms with Crippen molar-refractivity contribution in [2.24, 2.45) is 0 Å². The van der Waals surface area contributed by atoms with Gasteiger partial charge in [-0.05, 0) is 58.0 Å². The quantitative estimate of drug-likeness (QED) is 0.845. The summed E-state index contributed by atoms with van der Waals surface area (Å²) in [6.07, 6.45) is 0.890. The largest absolute Gasteiger partial charge is 0.353 e. The van der Waals surface area contributed by atoms with Crippen LogP contribution in [0.4, 0.5) is 0 Å². The maximum absolute atomic E-state index is 12.4. The molecular formula is C17H29N3OS. The van der Waals surface area contributed by atoms with Crippen LogP contribution in [0.1, 0.15) is 44.6 Å². The fourth-order valence-corrected chi connectivity index (χ4v) is 3.90. The fraction of sp³-hybridized carbons (Fsp3) is 0.706. The molecule has 0 saturated carbocycles. The van der Waals surface area contributed by atoms with Gasteiger partial charge in [0, 0.05) is 36.1 Å². The number of hydrogen-bond acceptors (Lipinski definition) is 4. The predicted octanol–water partition coefficient (Wildman–Crippen LogP) is 2.52. The van der Waals surface area contributed by atoms with Crippen LogP contribution in [0.25, 0.3) is 0 Å². The van der Waals surface area contributed by atoms with E-state index in [4.69, 9.17) is 0 Å². The summed E-state index contributed by atoms with van der Waals surface area (Å²) in [7, 11) is 0. The van der Waals surface area contributed by atoms with E-state index in [1.54, 1.807) is 11.3 Å². The van der Waals surface area contributed by atoms with E-state index < -0.39 is 0 Å². The van der Waals surface area contributed by atoms with Crippen LogP contribution in [0, 0.1) is 6.92 Å². The van der Waals surface area contributed by atoms with Gasteiger partial charge in [-0.25, -0.2) is 0 Å². The lowest BCUT2D eigenvalue weighted by molar-refractivity contribution is -0.126. The molecule has 1 aliphatic heterocycles. The highest BCUT2D eigenvalue weighted by Crippen LogP contribution is 2.22. The first kappa shape index (κ1) is 17.4. The van der Waals surface area contributed by atoms with Crippen LogP contribution in [-0.2, 0) is 11.3 Å². The van der Waals surface area contributed by atoms with Gasteiger partial charge in [0.15, 0.2) is 0 Å². The summed E-state index contributed by atoms with van der Waals surface area (Å²) in [5.41, 5.74) is 1.35. The third-order valence-corrected chi connectivity index (χ3v) is 5.28. The number of amides is 1. The highest BCUT2D eigenvalue weighted by Gasteiger charge is 2.37. The number of carbonyl (C=O) groups excluding carboxylic acids is 1. The molecule has 2 N–H and O–H groups in total. The molecule has 0 spiro atoms. The maximum Gasteiger partial charge on any atom is 0.237 e. The van der Waals surface area contributed by atoms with Gasteiger partial charge in [0.1, 0.15) is 0 Å². The summed E-state index contributed by atoms with van der Waals surface area (Å²) >= 11 is 1.80. The fourth-order valence-electron chi connectivity index (χ4n) is 3.04. The average Bonchev–Trinajstić information content (AvgIpc) is 3.02. The number of thiophene rings is 1. The number of nitrogens with one attached hydrogen (secondary N) is 2. The van der Waals surface area contributed by atoms with Gasteiger partial charge < -0.3 is 10.6 Å². The number of rotatable bonds is 6. The van der Waals surface area contributed by atoms with E-state index in [9.17, 15) is 4.79 Å². The maximum atomic E-state index is 12.4. The minimum atomic E-state index is -0.00988. The molecule has 4 nitrogen and oxygen atoms in total. The minimum Gasteiger partial charge on any atom is -0.353 e. The Kier molecular flexibility index (Phi) is 6.01. The Hall–Kier alpha value is -0.910. The van der Waals surface area contributed by atoms with Gasteiger partial charge >= 0.3 is 0 Å². The zero-order valence-electron chi connectivity index (χ0n) is 14.3. The molecule has 1 aromatic heterocycles. The highest BCUT2D eigenvalue weighted by atomic mass is 32.1. The Labute approximate surface area is 138 Å². The standard InChI is InChI=1S/C17H29N3OS/c1-11(2)19-17(21)15-8-14(10-20(15)12(3)4)18-9-16-13(5)6-7-22-16/h6-7,11-12,14-15,18H,8-10H2,1-5H3,(H,19,21)/t14-,15+/m1/s1. The number of likely N-dealkylation sites (tertiary alicyclic amines) is 1. The summed E-state index contributed by atoms with van der Waals surface area (Å²) in [5, 5.41) is 8.84. The first-order valence-corrected chi connectivity index (χ1v) is 9.09. The summed E-state index contributed by atoms with van der Waals surface area (Å²) in [6.45, 7) is 12.4. The molecule has 1 saturated heterocycles. The van der Waals surface area contributed by atoms with Gasteiger partial charge in [-0.2, -0.15) is 0 Å². The average molecular weight is 324 g/mol. The lowest BCUT2D eigenvalue weighted by atomic mass is 10.1. The van der Waals surface area contributed by atoms with Crippen molar-refractivity contribution in [2.45, 2.75) is 71.8 Å². The minimum absolute atomic E-state index is 0.00988. The van der Waals surface area contributed by atoms with Crippen LogP contribution in [0.15, 0.2) is 11.4 Å². The first-order chi connectivity index (χ1) is 10.4. The van der Waals surface area contributed by atoms with Crippen LogP contribution in [0.2, 0.25) is 0 Å². The Morgan fingerprint density at radius 3 is 2.68 bits per heavy atom. The monoisotopic (exact) mass is 323 g/mol. The summed E-state index contributed by atoms with van der Waals surface area (Å²) in [6, 6.07) is 3.12. The van der Waals surface area contributed by atoms with Crippen molar-refractivity contribution in [3.05, 3.63) is 21.9 Å². The number of nitrogens with zero attached hydrogens (tertiary/aromatic N) is 1. The van der Waals surface area contributed by atoms with Gasteiger partial charge in [-0.3, -0.25) is 9.69 Å². The zero-order chi connectivity index (χ0) is 16.3. The molecule has 1 amide bonds. The summed E-state index contributed by atoms with van der Waals surface area (Å²) in [4.78, 5) is 16.1. The number of aryl methyl sites for hydroxylation is 1. The van der Waals surface area contributed by atoms with Crippen molar-refractivity contribution in [1.29, 1.82) is 0 Å². The molecule has 1 fully saturated rings. The highest BCUT2D eigenvalue weighted by molar-refractivity contribution is 7.10. The van der Waals surface area contributed by atoms with Crippen molar-refractivity contribution < 1.29 is 4.79 Å². The molecule has 0 unspecified atom stereocenters. The molecule has 5 heteroatoms. The molecule has 0 radical (unpaired) electrons. The second-order valence-electron chi connectivity index (χ2n) is 6.81. The second-order valence-corrected chi connectivity index (χ2v) is 7.81. The van der Waals surface area contributed by atoms with Gasteiger partial charge in [0.05, 0.1) is 6.04 Å². The van der Waals surface area contributed by atoms with E-state index in [0.29, 0.717) is 12.1 Å². The van der Waals surface area contributed by atoms with E-state index in [1.807, 2.05) is 13.8 Å². The SMILES string of the molecule is Cc1ccsc1CN[C@@H]1C[C@@H](C(=O)NC(C)C)N(C(C)C)C1. The second kappa shape index (κ2) is 7.57. The molecule has 124 valence electrons. The molecule has 22 heavy (non-hydrogen) atoms. The van der Waals surface area contributed by atoms with Crippen LogP contribution in [0.3, 0.4) is 0 Å². The van der Waals surface area contributed by atoms with Crippen LogP contribution < -0.4 is 10.6 Å². The van der Waals surface area contributed by atoms with Crippen molar-refractivity contribution in [3.8, 4) is 0 Å². The van der Waals surface area contributed by atoms with Gasteiger partial charge in [-0.15, -0.1) is 11.3 Å². The Morgan fingerprint density at radius 2 is 2.14 bits per heavy atom. The van der Waals surface area contributed by atoms with E-state index in [0.717, 1.165) is 19.5 Å². The van der Waals surface area contributed by atoms with Gasteiger partial charge in [0.2, 0.25) is 5.91 Å². The van der Waals surface area contributed by atoms with Crippen molar-refractivity contribution in [3.63, 3.8) is 0 Å². The lowest BCUT2D eigenvalue weighted by Gasteiger charge is -2.27. The molecular weight excluding hydrogens is 294 g/mol. The topological polar surface area (TPSA) is 44.4 Å². The van der Waals surface area contributed by atoms with E-state index in [2.05, 4.69) is 47.8 Å². The van der Waals surface area contributed by atoms with Crippen LogP contribution in [0.5, 0.6) is 0 Å². The molecule has 2 heterocycles. The van der Waals surface area contributed by atoms with Crippen LogP contribution >= 0.6 is 11.3 Å². The molecule has 2 rings (SSSR count). The lowest BCUT2D eigenvalue weighted by Crippen LogP contribution is -2.47. The molecule has 0 aliphatic carbocycles. The molecule has 0 bridgehead atoms. The van der Waals surface area contributed by atoms with Crippen molar-refractivity contribution >= 4 is 17.2 Å². The smallest absolute Gasteiger partial charge is 0.237 e. The van der Waals surface area contributed by atoms with Gasteiger partial charge in [-0.1, -0.05) is 0 Å². The predicted molar refractivity (Wildman–Crippen MR) is 93.2 cm³/mol. The number of carbonyl (C=O) groups is 1. The molecule has 0 aromatic carbocycles. The van der Waals surface area contributed by atoms with E-state index in [-0.39, 0.29) is 18.0 Å². The Morgan fingerprint density at radius 1 is 1.41 bits per heavy atom. The van der Waals surface area contributed by atoms with Crippen molar-refractivity contribution in [1.82, 2.24) is 15.5 Å². The summed E-state index contributed by atoms with van der Waals surface area (Å²) in [5.74, 6) is 0.167. The third kappa shape index (κ3) is 4.31. The van der Waals surface area contributed by atoms with Crippen LogP contribution in [-0.4, -0.2) is 41.5 Å². The zero-order valence-corrected chi connectivity index (χ0v) is 15.2. The Balaban J connectivity index is 1.95. The van der Waals surface area contributed by atoms with Crippen molar-refractivity contribution in [2.75, 3.05) is 6.54 Å².